The van der Waals surface area contributed by atoms with Crippen LogP contribution in [-0.4, -0.2) is 4.98 Å². The molecule has 2 atom stereocenters. The van der Waals surface area contributed by atoms with Gasteiger partial charge < -0.3 is 5.32 Å². The number of pyridine rings is 1. The molecule has 2 aromatic rings. The fraction of sp³-hybridized carbons (Fsp3) is 0.353. The molecule has 1 aromatic carbocycles. The first-order valence-electron chi connectivity index (χ1n) is 6.82. The molecule has 0 aliphatic rings. The summed E-state index contributed by atoms with van der Waals surface area (Å²) in [4.78, 5) is 4.40. The molecular formula is C17H22N2. The van der Waals surface area contributed by atoms with Gasteiger partial charge in [0.05, 0.1) is 5.69 Å². The number of hydrogen-bond acceptors (Lipinski definition) is 2. The number of aromatic nitrogens is 1. The Morgan fingerprint density at radius 2 is 1.79 bits per heavy atom. The van der Waals surface area contributed by atoms with Crippen LogP contribution in [0.4, 0.5) is 0 Å². The molecule has 100 valence electrons. The first-order valence-corrected chi connectivity index (χ1v) is 6.82. The van der Waals surface area contributed by atoms with Crippen LogP contribution >= 0.6 is 0 Å². The molecule has 0 bridgehead atoms. The van der Waals surface area contributed by atoms with Crippen molar-refractivity contribution in [3.05, 3.63) is 65.0 Å². The summed E-state index contributed by atoms with van der Waals surface area (Å²) < 4.78 is 0. The molecule has 0 aliphatic carbocycles. The lowest BCUT2D eigenvalue weighted by Gasteiger charge is -2.22. The quantitative estimate of drug-likeness (QED) is 0.888. The first-order chi connectivity index (χ1) is 9.08. The average Bonchev–Trinajstić information content (AvgIpc) is 2.42. The number of benzene rings is 1. The molecule has 2 nitrogen and oxygen atoms in total. The maximum atomic E-state index is 4.40. The van der Waals surface area contributed by atoms with E-state index >= 15 is 0 Å². The predicted octanol–water partition coefficient (Wildman–Crippen LogP) is 4.11. The van der Waals surface area contributed by atoms with Gasteiger partial charge in [-0.15, -0.1) is 0 Å². The molecule has 0 radical (unpaired) electrons. The summed E-state index contributed by atoms with van der Waals surface area (Å²) in [6.45, 7) is 8.67. The van der Waals surface area contributed by atoms with E-state index < -0.39 is 0 Å². The van der Waals surface area contributed by atoms with Gasteiger partial charge in [-0.1, -0.05) is 29.8 Å². The van der Waals surface area contributed by atoms with E-state index in [0.717, 1.165) is 5.69 Å². The third-order valence-corrected chi connectivity index (χ3v) is 3.53. The maximum absolute atomic E-state index is 4.40. The van der Waals surface area contributed by atoms with Gasteiger partial charge in [0.1, 0.15) is 0 Å². The summed E-state index contributed by atoms with van der Waals surface area (Å²) in [5, 5.41) is 3.62. The zero-order chi connectivity index (χ0) is 13.8. The molecule has 0 saturated heterocycles. The summed E-state index contributed by atoms with van der Waals surface area (Å²) in [6.07, 6.45) is 1.84. The second-order valence-electron chi connectivity index (χ2n) is 5.22. The fourth-order valence-electron chi connectivity index (χ4n) is 2.41. The third-order valence-electron chi connectivity index (χ3n) is 3.53. The molecule has 1 aromatic heterocycles. The van der Waals surface area contributed by atoms with Crippen molar-refractivity contribution in [2.24, 2.45) is 0 Å². The minimum absolute atomic E-state index is 0.246. The summed E-state index contributed by atoms with van der Waals surface area (Å²) in [7, 11) is 0. The maximum Gasteiger partial charge on any atom is 0.0570 e. The highest BCUT2D eigenvalue weighted by atomic mass is 15.0. The van der Waals surface area contributed by atoms with Crippen LogP contribution in [0.15, 0.2) is 42.6 Å². The van der Waals surface area contributed by atoms with Gasteiger partial charge >= 0.3 is 0 Å². The Balaban J connectivity index is 2.13. The van der Waals surface area contributed by atoms with Crippen LogP contribution in [0.25, 0.3) is 0 Å². The molecule has 19 heavy (non-hydrogen) atoms. The Kier molecular flexibility index (Phi) is 4.33. The molecule has 0 spiro atoms. The van der Waals surface area contributed by atoms with Crippen LogP contribution in [0.1, 0.15) is 48.3 Å². The van der Waals surface area contributed by atoms with Crippen LogP contribution in [0, 0.1) is 13.8 Å². The Morgan fingerprint density at radius 3 is 2.47 bits per heavy atom. The smallest absolute Gasteiger partial charge is 0.0570 e. The van der Waals surface area contributed by atoms with E-state index in [4.69, 9.17) is 0 Å². The fourth-order valence-corrected chi connectivity index (χ4v) is 2.41. The Morgan fingerprint density at radius 1 is 1.00 bits per heavy atom. The molecular weight excluding hydrogens is 232 g/mol. The van der Waals surface area contributed by atoms with Gasteiger partial charge in [0, 0.05) is 18.3 Å². The molecule has 0 fully saturated rings. The summed E-state index contributed by atoms with van der Waals surface area (Å²) in [6, 6.07) is 13.2. The third kappa shape index (κ3) is 3.42. The van der Waals surface area contributed by atoms with Gasteiger partial charge in [-0.3, -0.25) is 4.98 Å². The highest BCUT2D eigenvalue weighted by Gasteiger charge is 2.13. The molecule has 0 amide bonds. The molecule has 1 unspecified atom stereocenters. The van der Waals surface area contributed by atoms with E-state index in [9.17, 15) is 0 Å². The normalized spacial score (nSPS) is 14.1. The van der Waals surface area contributed by atoms with Crippen molar-refractivity contribution in [2.45, 2.75) is 39.8 Å². The van der Waals surface area contributed by atoms with Crippen molar-refractivity contribution >= 4 is 0 Å². The minimum atomic E-state index is 0.246. The molecule has 1 N–H and O–H groups in total. The molecule has 2 rings (SSSR count). The largest absolute Gasteiger partial charge is 0.302 e. The highest BCUT2D eigenvalue weighted by Crippen LogP contribution is 2.22. The monoisotopic (exact) mass is 254 g/mol. The van der Waals surface area contributed by atoms with E-state index in [0.29, 0.717) is 6.04 Å². The van der Waals surface area contributed by atoms with E-state index in [1.54, 1.807) is 0 Å². The Bertz CT molecular complexity index is 534. The van der Waals surface area contributed by atoms with Gasteiger partial charge in [-0.05, 0) is 51.0 Å². The number of nitrogens with one attached hydrogen (secondary N) is 1. The van der Waals surface area contributed by atoms with Crippen LogP contribution < -0.4 is 5.32 Å². The summed E-state index contributed by atoms with van der Waals surface area (Å²) in [5.74, 6) is 0. The second-order valence-corrected chi connectivity index (χ2v) is 5.22. The molecule has 0 aliphatic heterocycles. The van der Waals surface area contributed by atoms with Crippen molar-refractivity contribution in [1.82, 2.24) is 10.3 Å². The zero-order valence-corrected chi connectivity index (χ0v) is 12.1. The molecule has 1 heterocycles. The lowest BCUT2D eigenvalue weighted by molar-refractivity contribution is 0.485. The number of nitrogens with zero attached hydrogens (tertiary/aromatic N) is 1. The van der Waals surface area contributed by atoms with Crippen LogP contribution in [0.5, 0.6) is 0 Å². The van der Waals surface area contributed by atoms with Crippen LogP contribution in [-0.2, 0) is 0 Å². The minimum Gasteiger partial charge on any atom is -0.302 e. The summed E-state index contributed by atoms with van der Waals surface area (Å²) in [5.41, 5.74) is 5.08. The van der Waals surface area contributed by atoms with E-state index in [1.807, 2.05) is 18.3 Å². The van der Waals surface area contributed by atoms with Crippen molar-refractivity contribution in [2.75, 3.05) is 0 Å². The topological polar surface area (TPSA) is 24.9 Å². The zero-order valence-electron chi connectivity index (χ0n) is 12.1. The van der Waals surface area contributed by atoms with Crippen molar-refractivity contribution in [3.8, 4) is 0 Å². The molecule has 0 saturated carbocycles. The lowest BCUT2D eigenvalue weighted by atomic mass is 9.99. The second kappa shape index (κ2) is 5.98. The predicted molar refractivity (Wildman–Crippen MR) is 80.1 cm³/mol. The SMILES string of the molecule is Cc1ccc(C)c(C(C)N[C@@H](C)c2ccccn2)c1. The van der Waals surface area contributed by atoms with Gasteiger partial charge in [0.15, 0.2) is 0 Å². The van der Waals surface area contributed by atoms with Gasteiger partial charge in [0.2, 0.25) is 0 Å². The lowest BCUT2D eigenvalue weighted by Crippen LogP contribution is -2.23. The van der Waals surface area contributed by atoms with Gasteiger partial charge in [-0.25, -0.2) is 0 Å². The summed E-state index contributed by atoms with van der Waals surface area (Å²) >= 11 is 0. The van der Waals surface area contributed by atoms with Gasteiger partial charge in [-0.2, -0.15) is 0 Å². The number of aryl methyl sites for hydroxylation is 2. The highest BCUT2D eigenvalue weighted by molar-refractivity contribution is 5.32. The van der Waals surface area contributed by atoms with Crippen LogP contribution in [0.2, 0.25) is 0 Å². The Labute approximate surface area is 115 Å². The molecule has 2 heteroatoms. The standard InChI is InChI=1S/C17H22N2/c1-12-8-9-13(2)16(11-12)14(3)19-15(4)17-7-5-6-10-18-17/h5-11,14-15,19H,1-4H3/t14?,15-/m0/s1. The van der Waals surface area contributed by atoms with Crippen molar-refractivity contribution in [1.29, 1.82) is 0 Å². The van der Waals surface area contributed by atoms with Crippen LogP contribution in [0.3, 0.4) is 0 Å². The van der Waals surface area contributed by atoms with E-state index in [1.165, 1.54) is 16.7 Å². The number of rotatable bonds is 4. The number of hydrogen-bond donors (Lipinski definition) is 1. The van der Waals surface area contributed by atoms with E-state index in [2.05, 4.69) is 62.3 Å². The van der Waals surface area contributed by atoms with E-state index in [-0.39, 0.29) is 6.04 Å². The average molecular weight is 254 g/mol. The van der Waals surface area contributed by atoms with Crippen molar-refractivity contribution in [3.63, 3.8) is 0 Å². The Hall–Kier alpha value is -1.67. The van der Waals surface area contributed by atoms with Gasteiger partial charge in [0.25, 0.3) is 0 Å². The first kappa shape index (κ1) is 13.8. The van der Waals surface area contributed by atoms with Crippen molar-refractivity contribution < 1.29 is 0 Å².